The molecule has 0 saturated heterocycles. The van der Waals surface area contributed by atoms with Crippen molar-refractivity contribution in [3.8, 4) is 0 Å². The van der Waals surface area contributed by atoms with Gasteiger partial charge in [0, 0.05) is 25.0 Å². The maximum atomic E-state index is 12.8. The molecule has 0 unspecified atom stereocenters. The Balaban J connectivity index is 0.00000100. The van der Waals surface area contributed by atoms with Crippen LogP contribution in [0.25, 0.3) is 0 Å². The fourth-order valence-corrected chi connectivity index (χ4v) is 3.40. The van der Waals surface area contributed by atoms with Gasteiger partial charge in [-0.1, -0.05) is 45.1 Å². The number of aliphatic carboxylic acids is 1. The molecule has 190 valence electrons. The van der Waals surface area contributed by atoms with Crippen LogP contribution in [0.5, 0.6) is 0 Å². The number of ether oxygens (including phenoxy) is 2. The molecule has 0 aromatic rings. The molecule has 0 aromatic carbocycles. The summed E-state index contributed by atoms with van der Waals surface area (Å²) in [5, 5.41) is 11.7. The molecule has 0 aromatic heterocycles. The van der Waals surface area contributed by atoms with Gasteiger partial charge in [-0.3, -0.25) is 9.59 Å². The van der Waals surface area contributed by atoms with Crippen LogP contribution < -0.4 is 5.32 Å². The average Bonchev–Trinajstić information content (AvgIpc) is 3.03. The van der Waals surface area contributed by atoms with Crippen LogP contribution >= 0.6 is 0 Å². The van der Waals surface area contributed by atoms with Crippen LogP contribution in [0.3, 0.4) is 0 Å². The first kappa shape index (κ1) is 28.0. The van der Waals surface area contributed by atoms with Crippen molar-refractivity contribution in [1.29, 1.82) is 0 Å². The van der Waals surface area contributed by atoms with Gasteiger partial charge in [-0.15, -0.1) is 0 Å². The summed E-state index contributed by atoms with van der Waals surface area (Å²) < 4.78 is 11.7. The zero-order chi connectivity index (χ0) is 25.6. The van der Waals surface area contributed by atoms with Gasteiger partial charge in [-0.2, -0.15) is 0 Å². The summed E-state index contributed by atoms with van der Waals surface area (Å²) in [7, 11) is 0. The second-order valence-corrected chi connectivity index (χ2v) is 9.36. The molecule has 3 rings (SSSR count). The quantitative estimate of drug-likeness (QED) is 0.362. The van der Waals surface area contributed by atoms with Crippen LogP contribution in [0.4, 0.5) is 0 Å². The monoisotopic (exact) mass is 481 g/mol. The highest BCUT2D eigenvalue weighted by Gasteiger charge is 2.18. The zero-order valence-electron chi connectivity index (χ0n) is 21.4. The molecule has 0 spiro atoms. The number of carboxylic acids is 1. The Hall–Kier alpha value is -3.28. The lowest BCUT2D eigenvalue weighted by Crippen LogP contribution is -2.25. The molecule has 6 heteroatoms. The predicted molar refractivity (Wildman–Crippen MR) is 139 cm³/mol. The van der Waals surface area contributed by atoms with Crippen molar-refractivity contribution in [2.24, 2.45) is 5.92 Å². The number of carbonyl (C=O) groups excluding carboxylic acids is 1. The first-order valence-electron chi connectivity index (χ1n) is 12.4. The molecule has 1 amide bonds. The second-order valence-electron chi connectivity index (χ2n) is 9.36. The van der Waals surface area contributed by atoms with Crippen LogP contribution in [0.2, 0.25) is 0 Å². The van der Waals surface area contributed by atoms with Gasteiger partial charge in [-0.25, -0.2) is 0 Å². The van der Waals surface area contributed by atoms with Crippen molar-refractivity contribution in [3.63, 3.8) is 0 Å². The van der Waals surface area contributed by atoms with E-state index in [1.54, 1.807) is 6.08 Å². The lowest BCUT2D eigenvalue weighted by molar-refractivity contribution is -0.137. The van der Waals surface area contributed by atoms with Crippen molar-refractivity contribution in [1.82, 2.24) is 5.32 Å². The number of hydrogen-bond acceptors (Lipinski definition) is 4. The van der Waals surface area contributed by atoms with Crippen LogP contribution in [-0.2, 0) is 19.1 Å². The van der Waals surface area contributed by atoms with E-state index < -0.39 is 5.97 Å². The van der Waals surface area contributed by atoms with E-state index in [0.29, 0.717) is 30.6 Å². The summed E-state index contributed by atoms with van der Waals surface area (Å²) in [4.78, 5) is 23.5. The minimum Gasteiger partial charge on any atom is -0.497 e. The third kappa shape index (κ3) is 10.7. The van der Waals surface area contributed by atoms with E-state index in [9.17, 15) is 9.59 Å². The SMILES string of the molecule is CC(C)C.CC1=C(OC2=CC=C(NC(=O)C3=C(OCCCC(=O)O)CCC=C3)CC=C2)C=CCC1. The fraction of sp³-hybridized carbons (Fsp3) is 0.448. The summed E-state index contributed by atoms with van der Waals surface area (Å²) in [5.41, 5.74) is 2.48. The largest absolute Gasteiger partial charge is 0.497 e. The Labute approximate surface area is 209 Å². The molecular formula is C29H39NO5. The van der Waals surface area contributed by atoms with E-state index in [1.165, 1.54) is 5.57 Å². The van der Waals surface area contributed by atoms with Gasteiger partial charge >= 0.3 is 5.97 Å². The summed E-state index contributed by atoms with van der Waals surface area (Å²) >= 11 is 0. The molecule has 0 atom stereocenters. The van der Waals surface area contributed by atoms with Crippen LogP contribution in [0, 0.1) is 5.92 Å². The molecule has 0 heterocycles. The number of carboxylic acid groups (broad SMARTS) is 1. The number of allylic oxidation sites excluding steroid dienone is 9. The first-order valence-corrected chi connectivity index (χ1v) is 12.4. The molecule has 2 N–H and O–H groups in total. The van der Waals surface area contributed by atoms with Gasteiger partial charge < -0.3 is 19.9 Å². The molecular weight excluding hydrogens is 442 g/mol. The molecule has 6 nitrogen and oxygen atoms in total. The fourth-order valence-electron chi connectivity index (χ4n) is 3.40. The number of carbonyl (C=O) groups is 2. The average molecular weight is 482 g/mol. The van der Waals surface area contributed by atoms with E-state index >= 15 is 0 Å². The zero-order valence-corrected chi connectivity index (χ0v) is 21.4. The Bertz CT molecular complexity index is 970. The molecule has 35 heavy (non-hydrogen) atoms. The van der Waals surface area contributed by atoms with E-state index in [2.05, 4.69) is 39.1 Å². The molecule has 3 aliphatic carbocycles. The van der Waals surface area contributed by atoms with E-state index in [-0.39, 0.29) is 18.9 Å². The molecule has 0 saturated carbocycles. The van der Waals surface area contributed by atoms with E-state index in [0.717, 1.165) is 42.4 Å². The van der Waals surface area contributed by atoms with Crippen molar-refractivity contribution in [2.45, 2.75) is 72.6 Å². The van der Waals surface area contributed by atoms with Crippen molar-refractivity contribution < 1.29 is 24.2 Å². The van der Waals surface area contributed by atoms with Gasteiger partial charge in [0.15, 0.2) is 0 Å². The van der Waals surface area contributed by atoms with Crippen molar-refractivity contribution >= 4 is 11.9 Å². The maximum Gasteiger partial charge on any atom is 0.303 e. The van der Waals surface area contributed by atoms with Gasteiger partial charge in [-0.05, 0) is 68.4 Å². The number of hydrogen-bond donors (Lipinski definition) is 2. The van der Waals surface area contributed by atoms with Crippen LogP contribution in [0.1, 0.15) is 72.6 Å². The van der Waals surface area contributed by atoms with Gasteiger partial charge in [0.1, 0.15) is 17.3 Å². The lowest BCUT2D eigenvalue weighted by Gasteiger charge is -2.17. The Morgan fingerprint density at radius 2 is 1.74 bits per heavy atom. The Morgan fingerprint density at radius 3 is 2.46 bits per heavy atom. The molecule has 0 aliphatic heterocycles. The maximum absolute atomic E-state index is 12.8. The predicted octanol–water partition coefficient (Wildman–Crippen LogP) is 6.62. The normalized spacial score (nSPS) is 17.3. The smallest absolute Gasteiger partial charge is 0.303 e. The van der Waals surface area contributed by atoms with E-state index in [4.69, 9.17) is 14.6 Å². The van der Waals surface area contributed by atoms with Gasteiger partial charge in [0.25, 0.3) is 5.91 Å². The van der Waals surface area contributed by atoms with E-state index in [1.807, 2.05) is 36.5 Å². The lowest BCUT2D eigenvalue weighted by atomic mass is 10.0. The molecule has 3 aliphatic rings. The summed E-state index contributed by atoms with van der Waals surface area (Å²) in [6, 6.07) is 0. The first-order chi connectivity index (χ1) is 16.8. The van der Waals surface area contributed by atoms with Crippen LogP contribution in [-0.4, -0.2) is 23.6 Å². The Kier molecular flexibility index (Phi) is 11.9. The summed E-state index contributed by atoms with van der Waals surface area (Å²) in [5.74, 6) is 1.97. The third-order valence-corrected chi connectivity index (χ3v) is 5.13. The molecule has 0 fully saturated rings. The van der Waals surface area contributed by atoms with Gasteiger partial charge in [0.05, 0.1) is 12.2 Å². The summed E-state index contributed by atoms with van der Waals surface area (Å²) in [6.07, 6.45) is 19.9. The highest BCUT2D eigenvalue weighted by molar-refractivity contribution is 5.98. The van der Waals surface area contributed by atoms with Crippen molar-refractivity contribution in [3.05, 3.63) is 82.7 Å². The number of amides is 1. The molecule has 0 bridgehead atoms. The number of nitrogens with one attached hydrogen (secondary N) is 1. The van der Waals surface area contributed by atoms with Crippen LogP contribution in [0.15, 0.2) is 82.7 Å². The highest BCUT2D eigenvalue weighted by Crippen LogP contribution is 2.24. The third-order valence-electron chi connectivity index (χ3n) is 5.13. The Morgan fingerprint density at radius 1 is 1.03 bits per heavy atom. The topological polar surface area (TPSA) is 84.9 Å². The molecule has 0 radical (unpaired) electrons. The highest BCUT2D eigenvalue weighted by atomic mass is 16.5. The minimum atomic E-state index is -0.852. The van der Waals surface area contributed by atoms with Gasteiger partial charge in [0.2, 0.25) is 0 Å². The number of rotatable bonds is 9. The minimum absolute atomic E-state index is 0.0484. The second kappa shape index (κ2) is 14.9. The standard InChI is InChI=1S/C25H29NO5.C4H10/c1-18-8-2-4-12-22(18)31-20-10-6-9-19(15-16-20)26-25(29)21-11-3-5-13-23(21)30-17-7-14-24(27)28;1-4(2)3/h3-4,6,10-12,15-16H,2,5,7-9,13-14,17H2,1H3,(H,26,29)(H,27,28);4H,1-3H3. The summed E-state index contributed by atoms with van der Waals surface area (Å²) in [6.45, 7) is 8.86. The van der Waals surface area contributed by atoms with Crippen molar-refractivity contribution in [2.75, 3.05) is 6.61 Å².